The molecule has 1 radical (unpaired) electrons. The van der Waals surface area contributed by atoms with E-state index in [4.69, 9.17) is 9.84 Å². The van der Waals surface area contributed by atoms with Gasteiger partial charge in [-0.3, -0.25) is 5.11 Å². The van der Waals surface area contributed by atoms with E-state index in [0.717, 1.165) is 12.0 Å². The Morgan fingerprint density at radius 1 is 1.46 bits per heavy atom. The second-order valence-electron chi connectivity index (χ2n) is 2.81. The first kappa shape index (κ1) is 9.86. The van der Waals surface area contributed by atoms with Crippen LogP contribution in [0.1, 0.15) is 12.0 Å². The van der Waals surface area contributed by atoms with Crippen LogP contribution in [0.4, 0.5) is 0 Å². The normalized spacial score (nSPS) is 10.0. The van der Waals surface area contributed by atoms with Gasteiger partial charge in [0.2, 0.25) is 5.75 Å². The minimum Gasteiger partial charge on any atom is -0.493 e. The number of aliphatic hydroxyl groups is 1. The molecule has 0 heterocycles. The Bertz CT molecular complexity index is 271. The number of aryl methyl sites for hydroxylation is 1. The van der Waals surface area contributed by atoms with Gasteiger partial charge in [0.15, 0.2) is 5.75 Å². The van der Waals surface area contributed by atoms with Crippen LogP contribution < -0.4 is 4.74 Å². The SMILES string of the molecule is COc1cc(CCCO)ccc1[O]. The Labute approximate surface area is 77.6 Å². The van der Waals surface area contributed by atoms with Gasteiger partial charge >= 0.3 is 0 Å². The molecule has 1 N–H and O–H groups in total. The molecule has 13 heavy (non-hydrogen) atoms. The number of ether oxygens (including phenoxy) is 1. The molecule has 1 aromatic carbocycles. The van der Waals surface area contributed by atoms with Gasteiger partial charge in [-0.2, -0.15) is 0 Å². The van der Waals surface area contributed by atoms with Crippen LogP contribution in [-0.2, 0) is 11.5 Å². The maximum atomic E-state index is 11.1. The monoisotopic (exact) mass is 181 g/mol. The van der Waals surface area contributed by atoms with Crippen LogP contribution in [0.5, 0.6) is 11.5 Å². The van der Waals surface area contributed by atoms with E-state index in [0.29, 0.717) is 12.2 Å². The van der Waals surface area contributed by atoms with E-state index in [1.807, 2.05) is 0 Å². The van der Waals surface area contributed by atoms with E-state index in [9.17, 15) is 5.11 Å². The first-order valence-corrected chi connectivity index (χ1v) is 4.22. The molecule has 0 saturated carbocycles. The molecule has 71 valence electrons. The summed E-state index contributed by atoms with van der Waals surface area (Å²) in [7, 11) is 1.48. The van der Waals surface area contributed by atoms with Crippen molar-refractivity contribution in [3.63, 3.8) is 0 Å². The maximum absolute atomic E-state index is 11.1. The molecule has 0 aliphatic heterocycles. The van der Waals surface area contributed by atoms with Gasteiger partial charge in [-0.25, -0.2) is 0 Å². The highest BCUT2D eigenvalue weighted by molar-refractivity contribution is 5.41. The molecule has 0 aromatic heterocycles. The van der Waals surface area contributed by atoms with Crippen LogP contribution >= 0.6 is 0 Å². The third-order valence-electron chi connectivity index (χ3n) is 1.85. The van der Waals surface area contributed by atoms with E-state index in [1.165, 1.54) is 13.2 Å². The molecule has 0 unspecified atom stereocenters. The van der Waals surface area contributed by atoms with Gasteiger partial charge in [-0.05, 0) is 30.5 Å². The molecular weight excluding hydrogens is 168 g/mol. The summed E-state index contributed by atoms with van der Waals surface area (Å²) in [5.41, 5.74) is 1.02. The number of rotatable bonds is 4. The Hall–Kier alpha value is -1.22. The average Bonchev–Trinajstić information content (AvgIpc) is 2.16. The fraction of sp³-hybridized carbons (Fsp3) is 0.400. The fourth-order valence-electron chi connectivity index (χ4n) is 1.15. The Balaban J connectivity index is 2.74. The minimum absolute atomic E-state index is 0.102. The molecule has 0 aliphatic carbocycles. The van der Waals surface area contributed by atoms with E-state index >= 15 is 0 Å². The van der Waals surface area contributed by atoms with Gasteiger partial charge < -0.3 is 9.84 Å². The Morgan fingerprint density at radius 2 is 2.23 bits per heavy atom. The smallest absolute Gasteiger partial charge is 0.220 e. The standard InChI is InChI=1S/C10H13O3/c1-13-10-7-8(3-2-6-11)4-5-9(10)12/h4-5,7,11H,2-3,6H2,1H3. The summed E-state index contributed by atoms with van der Waals surface area (Å²) in [4.78, 5) is 0. The molecule has 0 spiro atoms. The number of aliphatic hydroxyl groups excluding tert-OH is 1. The van der Waals surface area contributed by atoms with E-state index in [1.54, 1.807) is 12.1 Å². The van der Waals surface area contributed by atoms with Crippen LogP contribution in [0.25, 0.3) is 0 Å². The molecule has 0 atom stereocenters. The fourth-order valence-corrected chi connectivity index (χ4v) is 1.15. The third-order valence-corrected chi connectivity index (χ3v) is 1.85. The molecule has 1 aromatic rings. The predicted octanol–water partition coefficient (Wildman–Crippen LogP) is 1.76. The lowest BCUT2D eigenvalue weighted by Gasteiger charge is -2.03. The first-order chi connectivity index (χ1) is 6.27. The lowest BCUT2D eigenvalue weighted by molar-refractivity contribution is 0.288. The summed E-state index contributed by atoms with van der Waals surface area (Å²) in [5.74, 6) is 0.269. The first-order valence-electron chi connectivity index (χ1n) is 4.22. The summed E-state index contributed by atoms with van der Waals surface area (Å²) in [6, 6.07) is 4.98. The highest BCUT2D eigenvalue weighted by Crippen LogP contribution is 2.27. The summed E-state index contributed by atoms with van der Waals surface area (Å²) in [6.45, 7) is 0.168. The van der Waals surface area contributed by atoms with E-state index in [-0.39, 0.29) is 12.4 Å². The second kappa shape index (κ2) is 4.72. The van der Waals surface area contributed by atoms with Crippen LogP contribution in [-0.4, -0.2) is 18.8 Å². The van der Waals surface area contributed by atoms with Crippen molar-refractivity contribution in [3.05, 3.63) is 23.8 Å². The van der Waals surface area contributed by atoms with Crippen LogP contribution in [0.15, 0.2) is 18.2 Å². The highest BCUT2D eigenvalue weighted by Gasteiger charge is 2.03. The lowest BCUT2D eigenvalue weighted by Crippen LogP contribution is -1.90. The van der Waals surface area contributed by atoms with Gasteiger partial charge in [-0.1, -0.05) is 6.07 Å². The molecule has 0 aliphatic rings. The lowest BCUT2D eigenvalue weighted by atomic mass is 10.1. The van der Waals surface area contributed by atoms with Crippen molar-refractivity contribution in [2.75, 3.05) is 13.7 Å². The molecule has 0 bridgehead atoms. The molecular formula is C10H13O3. The summed E-state index contributed by atoms with van der Waals surface area (Å²) in [6.07, 6.45) is 1.48. The Kier molecular flexibility index (Phi) is 3.58. The Morgan fingerprint density at radius 3 is 2.85 bits per heavy atom. The molecule has 3 nitrogen and oxygen atoms in total. The highest BCUT2D eigenvalue weighted by atomic mass is 16.5. The van der Waals surface area contributed by atoms with Crippen molar-refractivity contribution in [2.24, 2.45) is 0 Å². The van der Waals surface area contributed by atoms with Gasteiger partial charge in [0.05, 0.1) is 7.11 Å². The predicted molar refractivity (Wildman–Crippen MR) is 48.5 cm³/mol. The summed E-state index contributed by atoms with van der Waals surface area (Å²) < 4.78 is 4.89. The molecule has 0 saturated heterocycles. The van der Waals surface area contributed by atoms with Gasteiger partial charge in [-0.15, -0.1) is 0 Å². The van der Waals surface area contributed by atoms with Gasteiger partial charge in [0, 0.05) is 6.61 Å². The van der Waals surface area contributed by atoms with Gasteiger partial charge in [0.1, 0.15) is 0 Å². The van der Waals surface area contributed by atoms with Crippen molar-refractivity contribution in [3.8, 4) is 11.5 Å². The molecule has 0 amide bonds. The summed E-state index contributed by atoms with van der Waals surface area (Å²) in [5, 5.41) is 19.7. The van der Waals surface area contributed by atoms with Crippen molar-refractivity contribution in [1.29, 1.82) is 0 Å². The second-order valence-corrected chi connectivity index (χ2v) is 2.81. The number of methoxy groups -OCH3 is 1. The van der Waals surface area contributed by atoms with Crippen LogP contribution in [0.3, 0.4) is 0 Å². The van der Waals surface area contributed by atoms with Crippen molar-refractivity contribution in [1.82, 2.24) is 0 Å². The molecule has 1 rings (SSSR count). The number of hydrogen-bond acceptors (Lipinski definition) is 2. The maximum Gasteiger partial charge on any atom is 0.220 e. The average molecular weight is 181 g/mol. The van der Waals surface area contributed by atoms with Crippen molar-refractivity contribution < 1.29 is 14.9 Å². The zero-order valence-electron chi connectivity index (χ0n) is 7.62. The molecule has 0 fully saturated rings. The summed E-state index contributed by atoms with van der Waals surface area (Å²) >= 11 is 0. The number of hydrogen-bond donors (Lipinski definition) is 1. The zero-order valence-corrected chi connectivity index (χ0v) is 7.62. The minimum atomic E-state index is -0.102. The van der Waals surface area contributed by atoms with E-state index in [2.05, 4.69) is 0 Å². The largest absolute Gasteiger partial charge is 0.493 e. The topological polar surface area (TPSA) is 49.4 Å². The number of benzene rings is 1. The third kappa shape index (κ3) is 2.63. The van der Waals surface area contributed by atoms with Crippen LogP contribution in [0.2, 0.25) is 0 Å². The molecule has 3 heteroatoms. The quantitative estimate of drug-likeness (QED) is 0.769. The van der Waals surface area contributed by atoms with Crippen molar-refractivity contribution >= 4 is 0 Å². The van der Waals surface area contributed by atoms with Gasteiger partial charge in [0.25, 0.3) is 0 Å². The van der Waals surface area contributed by atoms with Crippen molar-refractivity contribution in [2.45, 2.75) is 12.8 Å². The zero-order chi connectivity index (χ0) is 9.68. The van der Waals surface area contributed by atoms with Crippen LogP contribution in [0, 0.1) is 0 Å². The van der Waals surface area contributed by atoms with E-state index < -0.39 is 0 Å².